The molecule has 1 N–H and O–H groups in total. The second-order valence-corrected chi connectivity index (χ2v) is 7.09. The molecule has 0 spiro atoms. The standard InChI is InChI=1S/C19H23N3O4/c1-13-11-22(12-19(2,3)25-13)17(23)10-20-18(24)15-9-16(26-21-15)14-7-5-4-6-8-14/h4-9,13H,10-12H2,1-3H3,(H,20,24). The van der Waals surface area contributed by atoms with Gasteiger partial charge in [0.05, 0.1) is 18.2 Å². The first-order valence-electron chi connectivity index (χ1n) is 8.60. The van der Waals surface area contributed by atoms with Gasteiger partial charge < -0.3 is 19.5 Å². The highest BCUT2D eigenvalue weighted by molar-refractivity contribution is 5.95. The maximum atomic E-state index is 12.4. The number of aromatic nitrogens is 1. The summed E-state index contributed by atoms with van der Waals surface area (Å²) < 4.78 is 11.0. The Morgan fingerprint density at radius 3 is 2.73 bits per heavy atom. The molecule has 138 valence electrons. The minimum absolute atomic E-state index is 0.0395. The number of nitrogens with zero attached hydrogens (tertiary/aromatic N) is 2. The van der Waals surface area contributed by atoms with E-state index in [0.717, 1.165) is 5.56 Å². The molecule has 0 aliphatic carbocycles. The van der Waals surface area contributed by atoms with Crippen molar-refractivity contribution in [3.05, 3.63) is 42.1 Å². The molecular formula is C19H23N3O4. The topological polar surface area (TPSA) is 84.7 Å². The fourth-order valence-corrected chi connectivity index (χ4v) is 3.12. The largest absolute Gasteiger partial charge is 0.369 e. The average Bonchev–Trinajstić information content (AvgIpc) is 3.08. The zero-order valence-corrected chi connectivity index (χ0v) is 15.2. The van der Waals surface area contributed by atoms with Gasteiger partial charge in [-0.2, -0.15) is 0 Å². The minimum Gasteiger partial charge on any atom is -0.369 e. The molecule has 3 rings (SSSR count). The number of hydrogen-bond acceptors (Lipinski definition) is 5. The molecule has 0 saturated carbocycles. The van der Waals surface area contributed by atoms with Crippen molar-refractivity contribution in [3.63, 3.8) is 0 Å². The zero-order chi connectivity index (χ0) is 18.7. The molecule has 1 aromatic carbocycles. The van der Waals surface area contributed by atoms with E-state index in [2.05, 4.69) is 10.5 Å². The van der Waals surface area contributed by atoms with Crippen LogP contribution < -0.4 is 5.32 Å². The lowest BCUT2D eigenvalue weighted by Crippen LogP contribution is -2.55. The van der Waals surface area contributed by atoms with E-state index < -0.39 is 11.5 Å². The van der Waals surface area contributed by atoms with Crippen LogP contribution in [0.1, 0.15) is 31.3 Å². The van der Waals surface area contributed by atoms with E-state index in [4.69, 9.17) is 9.26 Å². The predicted molar refractivity (Wildman–Crippen MR) is 95.5 cm³/mol. The number of morpholine rings is 1. The van der Waals surface area contributed by atoms with Crippen LogP contribution >= 0.6 is 0 Å². The molecule has 1 aliphatic heterocycles. The average molecular weight is 357 g/mol. The van der Waals surface area contributed by atoms with E-state index in [1.165, 1.54) is 0 Å². The van der Waals surface area contributed by atoms with Gasteiger partial charge >= 0.3 is 0 Å². The van der Waals surface area contributed by atoms with Crippen LogP contribution in [0.4, 0.5) is 0 Å². The van der Waals surface area contributed by atoms with Gasteiger partial charge in [0.2, 0.25) is 5.91 Å². The van der Waals surface area contributed by atoms with Crippen LogP contribution in [0.2, 0.25) is 0 Å². The van der Waals surface area contributed by atoms with E-state index in [-0.39, 0.29) is 24.2 Å². The smallest absolute Gasteiger partial charge is 0.273 e. The SMILES string of the molecule is CC1CN(C(=O)CNC(=O)c2cc(-c3ccccc3)on2)CC(C)(C)O1. The number of carbonyl (C=O) groups is 2. The maximum Gasteiger partial charge on any atom is 0.273 e. The molecule has 26 heavy (non-hydrogen) atoms. The van der Waals surface area contributed by atoms with Crippen molar-refractivity contribution in [1.29, 1.82) is 0 Å². The van der Waals surface area contributed by atoms with Gasteiger partial charge in [-0.3, -0.25) is 9.59 Å². The Bertz CT molecular complexity index is 785. The van der Waals surface area contributed by atoms with Crippen LogP contribution in [0.3, 0.4) is 0 Å². The summed E-state index contributed by atoms with van der Waals surface area (Å²) in [7, 11) is 0. The third kappa shape index (κ3) is 4.29. The highest BCUT2D eigenvalue weighted by Crippen LogP contribution is 2.21. The highest BCUT2D eigenvalue weighted by Gasteiger charge is 2.33. The van der Waals surface area contributed by atoms with Crippen LogP contribution in [0.15, 0.2) is 40.9 Å². The van der Waals surface area contributed by atoms with Gasteiger partial charge in [-0.1, -0.05) is 35.5 Å². The summed E-state index contributed by atoms with van der Waals surface area (Å²) in [5.74, 6) is -0.0796. The summed E-state index contributed by atoms with van der Waals surface area (Å²) in [5.41, 5.74) is 0.584. The van der Waals surface area contributed by atoms with Crippen molar-refractivity contribution in [1.82, 2.24) is 15.4 Å². The normalized spacial score (nSPS) is 19.2. The summed E-state index contributed by atoms with van der Waals surface area (Å²) in [6, 6.07) is 10.9. The molecular weight excluding hydrogens is 334 g/mol. The van der Waals surface area contributed by atoms with Crippen molar-refractivity contribution < 1.29 is 18.8 Å². The molecule has 7 nitrogen and oxygen atoms in total. The molecule has 2 aromatic rings. The van der Waals surface area contributed by atoms with Crippen molar-refractivity contribution in [3.8, 4) is 11.3 Å². The third-order valence-corrected chi connectivity index (χ3v) is 4.12. The molecule has 0 bridgehead atoms. The number of amides is 2. The maximum absolute atomic E-state index is 12.4. The fourth-order valence-electron chi connectivity index (χ4n) is 3.12. The van der Waals surface area contributed by atoms with Crippen molar-refractivity contribution in [2.45, 2.75) is 32.5 Å². The predicted octanol–water partition coefficient (Wildman–Crippen LogP) is 2.10. The molecule has 1 aromatic heterocycles. The lowest BCUT2D eigenvalue weighted by molar-refractivity contribution is -0.157. The van der Waals surface area contributed by atoms with Crippen molar-refractivity contribution in [2.75, 3.05) is 19.6 Å². The van der Waals surface area contributed by atoms with Gasteiger partial charge in [-0.15, -0.1) is 0 Å². The number of carbonyl (C=O) groups excluding carboxylic acids is 2. The molecule has 2 heterocycles. The fraction of sp³-hybridized carbons (Fsp3) is 0.421. The Morgan fingerprint density at radius 2 is 2.04 bits per heavy atom. The summed E-state index contributed by atoms with van der Waals surface area (Å²) in [6.45, 7) is 6.74. The summed E-state index contributed by atoms with van der Waals surface area (Å²) >= 11 is 0. The van der Waals surface area contributed by atoms with Crippen LogP contribution in [-0.4, -0.2) is 53.2 Å². The number of benzene rings is 1. The summed E-state index contributed by atoms with van der Waals surface area (Å²) in [6.07, 6.45) is -0.0395. The van der Waals surface area contributed by atoms with E-state index in [9.17, 15) is 9.59 Å². The zero-order valence-electron chi connectivity index (χ0n) is 15.2. The molecule has 0 radical (unpaired) electrons. The quantitative estimate of drug-likeness (QED) is 0.906. The van der Waals surface area contributed by atoms with E-state index >= 15 is 0 Å². The Morgan fingerprint density at radius 1 is 1.31 bits per heavy atom. The molecule has 1 aliphatic rings. The Labute approximate surface area is 152 Å². The lowest BCUT2D eigenvalue weighted by Gasteiger charge is -2.41. The third-order valence-electron chi connectivity index (χ3n) is 4.12. The number of nitrogens with one attached hydrogen (secondary N) is 1. The van der Waals surface area contributed by atoms with Crippen molar-refractivity contribution in [2.24, 2.45) is 0 Å². The van der Waals surface area contributed by atoms with Gasteiger partial charge in [-0.25, -0.2) is 0 Å². The minimum atomic E-state index is -0.440. The number of ether oxygens (including phenoxy) is 1. The second-order valence-electron chi connectivity index (χ2n) is 7.09. The Balaban J connectivity index is 1.57. The first kappa shape index (κ1) is 18.1. The molecule has 7 heteroatoms. The molecule has 1 atom stereocenters. The van der Waals surface area contributed by atoms with E-state index in [1.54, 1.807) is 11.0 Å². The van der Waals surface area contributed by atoms with Gasteiger partial charge in [0.15, 0.2) is 11.5 Å². The molecule has 1 unspecified atom stereocenters. The molecule has 1 saturated heterocycles. The Hall–Kier alpha value is -2.67. The van der Waals surface area contributed by atoms with Crippen LogP contribution in [0.25, 0.3) is 11.3 Å². The van der Waals surface area contributed by atoms with E-state index in [0.29, 0.717) is 18.8 Å². The first-order valence-corrected chi connectivity index (χ1v) is 8.60. The monoisotopic (exact) mass is 357 g/mol. The van der Waals surface area contributed by atoms with Crippen LogP contribution in [0.5, 0.6) is 0 Å². The molecule has 2 amide bonds. The molecule has 1 fully saturated rings. The van der Waals surface area contributed by atoms with E-state index in [1.807, 2.05) is 51.1 Å². The second kappa shape index (κ2) is 7.29. The van der Waals surface area contributed by atoms with Crippen molar-refractivity contribution >= 4 is 11.8 Å². The lowest BCUT2D eigenvalue weighted by atomic mass is 10.1. The van der Waals surface area contributed by atoms with Crippen LogP contribution in [0, 0.1) is 0 Å². The first-order chi connectivity index (χ1) is 12.3. The summed E-state index contributed by atoms with van der Waals surface area (Å²) in [5, 5.41) is 6.40. The number of rotatable bonds is 4. The Kier molecular flexibility index (Phi) is 5.08. The van der Waals surface area contributed by atoms with Gasteiger partial charge in [-0.05, 0) is 20.8 Å². The van der Waals surface area contributed by atoms with Crippen LogP contribution in [-0.2, 0) is 9.53 Å². The number of hydrogen-bond donors (Lipinski definition) is 1. The summed E-state index contributed by atoms with van der Waals surface area (Å²) in [4.78, 5) is 26.4. The van der Waals surface area contributed by atoms with Gasteiger partial charge in [0.1, 0.15) is 0 Å². The van der Waals surface area contributed by atoms with Gasteiger partial charge in [0, 0.05) is 24.7 Å². The highest BCUT2D eigenvalue weighted by atomic mass is 16.5. The van der Waals surface area contributed by atoms with Gasteiger partial charge in [0.25, 0.3) is 5.91 Å².